The number of ketones is 1. The molecule has 7 heteroatoms. The molecule has 0 bridgehead atoms. The van der Waals surface area contributed by atoms with Crippen LogP contribution in [0.2, 0.25) is 0 Å². The van der Waals surface area contributed by atoms with E-state index in [9.17, 15) is 24.6 Å². The summed E-state index contributed by atoms with van der Waals surface area (Å²) in [6.45, 7) is 4.51. The number of hydrogen-bond donors (Lipinski definition) is 1. The van der Waals surface area contributed by atoms with Gasteiger partial charge in [0.15, 0.2) is 5.78 Å². The Morgan fingerprint density at radius 2 is 0.981 bits per heavy atom. The summed E-state index contributed by atoms with van der Waals surface area (Å²) in [6.07, 6.45) is 52.0. The van der Waals surface area contributed by atoms with Gasteiger partial charge in [0, 0.05) is 11.9 Å². The topological polar surface area (TPSA) is 109 Å². The summed E-state index contributed by atoms with van der Waals surface area (Å²) in [5.41, 5.74) is 1.17. The van der Waals surface area contributed by atoms with Crippen molar-refractivity contribution in [3.63, 3.8) is 0 Å². The van der Waals surface area contributed by atoms with Crippen LogP contribution in [0.1, 0.15) is 200 Å². The molecule has 0 amide bonds. The number of fused-ring (bicyclic) bond motifs is 1. The van der Waals surface area contributed by atoms with Crippen molar-refractivity contribution in [2.24, 2.45) is 0 Å². The Hall–Kier alpha value is -2.12. The summed E-state index contributed by atoms with van der Waals surface area (Å²) < 4.78 is 0. The first-order valence-corrected chi connectivity index (χ1v) is 20.9. The normalized spacial score (nSPS) is 14.5. The Morgan fingerprint density at radius 1 is 0.615 bits per heavy atom. The second kappa shape index (κ2) is 41.6. The van der Waals surface area contributed by atoms with Crippen LogP contribution in [0.15, 0.2) is 60.4 Å². The van der Waals surface area contributed by atoms with Crippen molar-refractivity contribution in [3.8, 4) is 0 Å². The second-order valence-electron chi connectivity index (χ2n) is 14.1. The SMILES string of the molecule is CCCCCCCC/C=C\CCCCCCCC(=O)[O-].CCCCCCCC/C=C\CCCCCCCC(=O)[O-].O=C1C=CCC2=CC=CNC12.[Mg+2]. The Bertz CT molecular complexity index is 950. The quantitative estimate of drug-likeness (QED) is 0.0447. The molecule has 0 saturated carbocycles. The van der Waals surface area contributed by atoms with Crippen molar-refractivity contribution in [2.45, 2.75) is 206 Å². The first-order chi connectivity index (χ1) is 24.9. The number of rotatable bonds is 30. The van der Waals surface area contributed by atoms with Gasteiger partial charge in [-0.05, 0) is 107 Å². The molecule has 0 aromatic rings. The minimum absolute atomic E-state index is 0. The molecule has 1 heterocycles. The van der Waals surface area contributed by atoms with Crippen LogP contribution in [0.4, 0.5) is 0 Å². The van der Waals surface area contributed by atoms with Crippen LogP contribution >= 0.6 is 0 Å². The summed E-state index contributed by atoms with van der Waals surface area (Å²) in [7, 11) is 0. The number of aliphatic carboxylic acids is 2. The van der Waals surface area contributed by atoms with E-state index in [1.165, 1.54) is 134 Å². The zero-order valence-electron chi connectivity index (χ0n) is 33.5. The van der Waals surface area contributed by atoms with Crippen molar-refractivity contribution in [1.82, 2.24) is 5.32 Å². The number of carbonyl (C=O) groups excluding carboxylic acids is 3. The molecular formula is C45H75MgNO5. The van der Waals surface area contributed by atoms with E-state index in [1.54, 1.807) is 6.08 Å². The van der Waals surface area contributed by atoms with E-state index in [1.807, 2.05) is 24.4 Å². The molecule has 1 atom stereocenters. The molecule has 1 unspecified atom stereocenters. The van der Waals surface area contributed by atoms with Gasteiger partial charge in [0.1, 0.15) is 6.04 Å². The Kier molecular flexibility index (Phi) is 41.6. The molecule has 292 valence electrons. The van der Waals surface area contributed by atoms with Crippen LogP contribution in [-0.4, -0.2) is 46.8 Å². The summed E-state index contributed by atoms with van der Waals surface area (Å²) in [6, 6.07) is -0.0787. The maximum absolute atomic E-state index is 11.2. The zero-order chi connectivity index (χ0) is 37.5. The van der Waals surface area contributed by atoms with Crippen molar-refractivity contribution in [1.29, 1.82) is 0 Å². The summed E-state index contributed by atoms with van der Waals surface area (Å²) in [5.74, 6) is -1.67. The first-order valence-electron chi connectivity index (χ1n) is 20.9. The predicted octanol–water partition coefficient (Wildman–Crippen LogP) is 10.1. The number of carboxylic acid groups (broad SMARTS) is 2. The first kappa shape index (κ1) is 52.0. The van der Waals surface area contributed by atoms with Crippen molar-refractivity contribution < 1.29 is 24.6 Å². The van der Waals surface area contributed by atoms with Crippen LogP contribution in [-0.2, 0) is 14.4 Å². The van der Waals surface area contributed by atoms with Gasteiger partial charge in [-0.25, -0.2) is 0 Å². The number of dihydropyridines is 1. The Labute approximate surface area is 335 Å². The minimum atomic E-state index is -0.914. The third-order valence-corrected chi connectivity index (χ3v) is 9.25. The third-order valence-electron chi connectivity index (χ3n) is 9.25. The van der Waals surface area contributed by atoms with Gasteiger partial charge in [0.2, 0.25) is 0 Å². The fourth-order valence-corrected chi connectivity index (χ4v) is 6.07. The number of nitrogens with one attached hydrogen (secondary N) is 1. The minimum Gasteiger partial charge on any atom is -0.550 e. The molecule has 1 aliphatic carbocycles. The van der Waals surface area contributed by atoms with Gasteiger partial charge in [-0.15, -0.1) is 0 Å². The van der Waals surface area contributed by atoms with E-state index in [0.717, 1.165) is 44.9 Å². The largest absolute Gasteiger partial charge is 2.00 e. The maximum atomic E-state index is 11.2. The van der Waals surface area contributed by atoms with E-state index in [-0.39, 0.29) is 47.7 Å². The molecule has 0 aromatic carbocycles. The van der Waals surface area contributed by atoms with Crippen molar-refractivity contribution in [3.05, 3.63) is 60.4 Å². The number of unbranched alkanes of at least 4 members (excludes halogenated alkanes) is 22. The fraction of sp³-hybridized carbons (Fsp3) is 0.711. The molecular weight excluding hydrogens is 659 g/mol. The van der Waals surface area contributed by atoms with Crippen LogP contribution in [0.3, 0.4) is 0 Å². The van der Waals surface area contributed by atoms with Gasteiger partial charge in [0.05, 0.1) is 0 Å². The second-order valence-corrected chi connectivity index (χ2v) is 14.1. The molecule has 2 aliphatic rings. The third kappa shape index (κ3) is 37.6. The van der Waals surface area contributed by atoms with E-state index in [0.29, 0.717) is 0 Å². The van der Waals surface area contributed by atoms with Gasteiger partial charge in [-0.3, -0.25) is 4.79 Å². The van der Waals surface area contributed by atoms with Crippen molar-refractivity contribution in [2.75, 3.05) is 0 Å². The summed E-state index contributed by atoms with van der Waals surface area (Å²) >= 11 is 0. The van der Waals surface area contributed by atoms with Gasteiger partial charge >= 0.3 is 23.1 Å². The molecule has 0 aromatic heterocycles. The average molecular weight is 734 g/mol. The predicted molar refractivity (Wildman–Crippen MR) is 218 cm³/mol. The van der Waals surface area contributed by atoms with Gasteiger partial charge in [-0.2, -0.15) is 0 Å². The van der Waals surface area contributed by atoms with Gasteiger partial charge in [0.25, 0.3) is 0 Å². The molecule has 2 rings (SSSR count). The van der Waals surface area contributed by atoms with Gasteiger partial charge < -0.3 is 25.1 Å². The fourth-order valence-electron chi connectivity index (χ4n) is 6.07. The Balaban J connectivity index is 0. The summed E-state index contributed by atoms with van der Waals surface area (Å²) in [4.78, 5) is 31.6. The van der Waals surface area contributed by atoms with Crippen LogP contribution < -0.4 is 15.5 Å². The van der Waals surface area contributed by atoms with Crippen LogP contribution in [0.5, 0.6) is 0 Å². The van der Waals surface area contributed by atoms with Gasteiger partial charge in [-0.1, -0.05) is 153 Å². The molecule has 1 aliphatic heterocycles. The van der Waals surface area contributed by atoms with E-state index < -0.39 is 11.9 Å². The molecule has 0 saturated heterocycles. The molecule has 52 heavy (non-hydrogen) atoms. The Morgan fingerprint density at radius 3 is 1.35 bits per heavy atom. The molecule has 6 nitrogen and oxygen atoms in total. The maximum Gasteiger partial charge on any atom is 2.00 e. The standard InChI is InChI=1S/2C18H34O2.C9H9NO.Mg/c2*1-2-3-4-5-6-7-8-9-10-11-12-13-14-15-16-17-18(19)20;11-8-5-1-3-7-4-2-6-10-9(7)8;/h2*9-10H,2-8,11-17H2,1H3,(H,19,20);1-2,4-6,9-10H,3H2;/q;;;+2/p-2/b2*10-9-;;. The zero-order valence-corrected chi connectivity index (χ0v) is 34.9. The van der Waals surface area contributed by atoms with Crippen LogP contribution in [0, 0.1) is 0 Å². The summed E-state index contributed by atoms with van der Waals surface area (Å²) in [5, 5.41) is 23.4. The number of allylic oxidation sites excluding steroid dienone is 7. The number of hydrogen-bond acceptors (Lipinski definition) is 6. The van der Waals surface area contributed by atoms with E-state index in [2.05, 4.69) is 43.5 Å². The number of carbonyl (C=O) groups is 3. The monoisotopic (exact) mass is 734 g/mol. The average Bonchev–Trinajstić information content (AvgIpc) is 3.12. The smallest absolute Gasteiger partial charge is 0.550 e. The van der Waals surface area contributed by atoms with Crippen molar-refractivity contribution >= 4 is 40.8 Å². The van der Waals surface area contributed by atoms with Crippen LogP contribution in [0.25, 0.3) is 0 Å². The number of carboxylic acids is 2. The van der Waals surface area contributed by atoms with E-state index >= 15 is 0 Å². The molecule has 1 N–H and O–H groups in total. The molecule has 0 spiro atoms. The van der Waals surface area contributed by atoms with E-state index in [4.69, 9.17) is 0 Å². The molecule has 0 fully saturated rings. The molecule has 0 radical (unpaired) electrons.